The number of rotatable bonds is 4. The Hall–Kier alpha value is -0.160. The van der Waals surface area contributed by atoms with Crippen molar-refractivity contribution in [2.45, 2.75) is 38.0 Å². The molecule has 2 rings (SSSR count). The van der Waals surface area contributed by atoms with Crippen molar-refractivity contribution in [1.82, 2.24) is 10.2 Å². The summed E-state index contributed by atoms with van der Waals surface area (Å²) in [6.07, 6.45) is 2.63. The van der Waals surface area contributed by atoms with Crippen molar-refractivity contribution in [2.24, 2.45) is 5.73 Å². The summed E-state index contributed by atoms with van der Waals surface area (Å²) < 4.78 is 5.72. The summed E-state index contributed by atoms with van der Waals surface area (Å²) in [4.78, 5) is 2.45. The van der Waals surface area contributed by atoms with Gasteiger partial charge in [0, 0.05) is 31.7 Å². The molecule has 0 amide bonds. The molecule has 1 aliphatic carbocycles. The first-order chi connectivity index (χ1) is 7.28. The van der Waals surface area contributed by atoms with E-state index in [4.69, 9.17) is 10.5 Å². The Balaban J connectivity index is 1.62. The molecule has 1 saturated heterocycles. The molecule has 1 unspecified atom stereocenters. The summed E-state index contributed by atoms with van der Waals surface area (Å²) in [5, 5.41) is 3.53. The maximum Gasteiger partial charge on any atom is 0.0826 e. The van der Waals surface area contributed by atoms with E-state index in [2.05, 4.69) is 17.1 Å². The van der Waals surface area contributed by atoms with Gasteiger partial charge < -0.3 is 15.8 Å². The van der Waals surface area contributed by atoms with Crippen molar-refractivity contribution in [1.29, 1.82) is 0 Å². The molecule has 0 radical (unpaired) electrons. The SMILES string of the molecule is CCN1CCOC(CNC2CC(N)C2)C1. The van der Waals surface area contributed by atoms with Crippen LogP contribution in [0, 0.1) is 0 Å². The molecule has 88 valence electrons. The molecule has 1 aliphatic heterocycles. The lowest BCUT2D eigenvalue weighted by atomic mass is 9.87. The molecule has 4 heteroatoms. The molecule has 1 saturated carbocycles. The van der Waals surface area contributed by atoms with Gasteiger partial charge in [0.2, 0.25) is 0 Å². The van der Waals surface area contributed by atoms with E-state index in [1.807, 2.05) is 0 Å². The van der Waals surface area contributed by atoms with Crippen LogP contribution in [0.2, 0.25) is 0 Å². The summed E-state index contributed by atoms with van der Waals surface area (Å²) in [5.41, 5.74) is 5.74. The summed E-state index contributed by atoms with van der Waals surface area (Å²) in [6.45, 7) is 7.36. The zero-order valence-corrected chi connectivity index (χ0v) is 9.61. The average Bonchev–Trinajstić information content (AvgIpc) is 2.23. The molecule has 15 heavy (non-hydrogen) atoms. The minimum Gasteiger partial charge on any atom is -0.374 e. The van der Waals surface area contributed by atoms with Crippen molar-refractivity contribution in [2.75, 3.05) is 32.8 Å². The van der Waals surface area contributed by atoms with Gasteiger partial charge >= 0.3 is 0 Å². The molecule has 1 heterocycles. The smallest absolute Gasteiger partial charge is 0.0826 e. The lowest BCUT2D eigenvalue weighted by Crippen LogP contribution is -2.53. The Morgan fingerprint density at radius 3 is 2.93 bits per heavy atom. The number of nitrogens with two attached hydrogens (primary N) is 1. The highest BCUT2D eigenvalue weighted by Gasteiger charge is 2.27. The van der Waals surface area contributed by atoms with Gasteiger partial charge in [-0.3, -0.25) is 4.90 Å². The Labute approximate surface area is 92.1 Å². The molecule has 1 atom stereocenters. The maximum absolute atomic E-state index is 5.74. The number of nitrogens with zero attached hydrogens (tertiary/aromatic N) is 1. The van der Waals surface area contributed by atoms with Gasteiger partial charge in [-0.2, -0.15) is 0 Å². The molecular weight excluding hydrogens is 190 g/mol. The van der Waals surface area contributed by atoms with Crippen LogP contribution < -0.4 is 11.1 Å². The lowest BCUT2D eigenvalue weighted by molar-refractivity contribution is -0.0276. The van der Waals surface area contributed by atoms with E-state index >= 15 is 0 Å². The highest BCUT2D eigenvalue weighted by atomic mass is 16.5. The third-order valence-corrected chi connectivity index (χ3v) is 3.48. The van der Waals surface area contributed by atoms with Crippen LogP contribution in [-0.4, -0.2) is 55.9 Å². The van der Waals surface area contributed by atoms with Gasteiger partial charge in [-0.15, -0.1) is 0 Å². The minimum absolute atomic E-state index is 0.371. The summed E-state index contributed by atoms with van der Waals surface area (Å²) >= 11 is 0. The molecule has 2 aliphatic rings. The van der Waals surface area contributed by atoms with E-state index in [9.17, 15) is 0 Å². The van der Waals surface area contributed by atoms with Gasteiger partial charge in [-0.1, -0.05) is 6.92 Å². The monoisotopic (exact) mass is 213 g/mol. The molecule has 0 aromatic rings. The minimum atomic E-state index is 0.371. The number of morpholine rings is 1. The van der Waals surface area contributed by atoms with Crippen molar-refractivity contribution in [3.05, 3.63) is 0 Å². The largest absolute Gasteiger partial charge is 0.374 e. The van der Waals surface area contributed by atoms with Crippen LogP contribution in [0.25, 0.3) is 0 Å². The second kappa shape index (κ2) is 5.25. The molecule has 3 N–H and O–H groups in total. The van der Waals surface area contributed by atoms with Crippen LogP contribution in [0.4, 0.5) is 0 Å². The molecule has 2 fully saturated rings. The Kier molecular flexibility index (Phi) is 3.97. The summed E-state index contributed by atoms with van der Waals surface area (Å²) in [6, 6.07) is 1.07. The van der Waals surface area contributed by atoms with Gasteiger partial charge in [-0.05, 0) is 19.4 Å². The third-order valence-electron chi connectivity index (χ3n) is 3.48. The van der Waals surface area contributed by atoms with Crippen LogP contribution >= 0.6 is 0 Å². The zero-order valence-electron chi connectivity index (χ0n) is 9.61. The average molecular weight is 213 g/mol. The zero-order chi connectivity index (χ0) is 10.7. The lowest BCUT2D eigenvalue weighted by Gasteiger charge is -2.37. The van der Waals surface area contributed by atoms with Crippen LogP contribution in [0.3, 0.4) is 0 Å². The van der Waals surface area contributed by atoms with Crippen LogP contribution in [-0.2, 0) is 4.74 Å². The first-order valence-electron chi connectivity index (χ1n) is 6.11. The van der Waals surface area contributed by atoms with Gasteiger partial charge in [0.25, 0.3) is 0 Å². The molecule has 0 spiro atoms. The second-order valence-electron chi connectivity index (χ2n) is 4.72. The number of hydrogen-bond acceptors (Lipinski definition) is 4. The van der Waals surface area contributed by atoms with E-state index in [1.54, 1.807) is 0 Å². The molecule has 0 aromatic heterocycles. The first kappa shape index (κ1) is 11.3. The van der Waals surface area contributed by atoms with Gasteiger partial charge in [0.15, 0.2) is 0 Å². The second-order valence-corrected chi connectivity index (χ2v) is 4.72. The van der Waals surface area contributed by atoms with E-state index in [0.29, 0.717) is 18.2 Å². The van der Waals surface area contributed by atoms with E-state index in [1.165, 1.54) is 0 Å². The maximum atomic E-state index is 5.74. The normalized spacial score (nSPS) is 37.6. The first-order valence-corrected chi connectivity index (χ1v) is 6.11. The van der Waals surface area contributed by atoms with Crippen LogP contribution in [0.1, 0.15) is 19.8 Å². The van der Waals surface area contributed by atoms with Crippen molar-refractivity contribution < 1.29 is 4.74 Å². The fourth-order valence-electron chi connectivity index (χ4n) is 2.32. The van der Waals surface area contributed by atoms with Crippen LogP contribution in [0.15, 0.2) is 0 Å². The standard InChI is InChI=1S/C11H23N3O/c1-2-14-3-4-15-11(8-14)7-13-10-5-9(12)6-10/h9-11,13H,2-8,12H2,1H3. The van der Waals surface area contributed by atoms with Gasteiger partial charge in [0.1, 0.15) is 0 Å². The Morgan fingerprint density at radius 2 is 2.27 bits per heavy atom. The van der Waals surface area contributed by atoms with E-state index in [0.717, 1.165) is 45.6 Å². The van der Waals surface area contributed by atoms with E-state index in [-0.39, 0.29) is 0 Å². The van der Waals surface area contributed by atoms with Crippen molar-refractivity contribution in [3.63, 3.8) is 0 Å². The quantitative estimate of drug-likeness (QED) is 0.678. The number of likely N-dealkylation sites (N-methyl/N-ethyl adjacent to an activating group) is 1. The third kappa shape index (κ3) is 3.14. The predicted molar refractivity (Wildman–Crippen MR) is 60.9 cm³/mol. The summed E-state index contributed by atoms with van der Waals surface area (Å²) in [5.74, 6) is 0. The molecule has 0 aromatic carbocycles. The van der Waals surface area contributed by atoms with Crippen molar-refractivity contribution in [3.8, 4) is 0 Å². The van der Waals surface area contributed by atoms with Gasteiger partial charge in [-0.25, -0.2) is 0 Å². The summed E-state index contributed by atoms with van der Waals surface area (Å²) in [7, 11) is 0. The topological polar surface area (TPSA) is 50.5 Å². The molecule has 0 bridgehead atoms. The molecular formula is C11H23N3O. The Morgan fingerprint density at radius 1 is 1.47 bits per heavy atom. The van der Waals surface area contributed by atoms with Crippen LogP contribution in [0.5, 0.6) is 0 Å². The highest BCUT2D eigenvalue weighted by molar-refractivity contribution is 4.88. The van der Waals surface area contributed by atoms with Crippen molar-refractivity contribution >= 4 is 0 Å². The molecule has 4 nitrogen and oxygen atoms in total. The fraction of sp³-hybridized carbons (Fsp3) is 1.00. The highest BCUT2D eigenvalue weighted by Crippen LogP contribution is 2.17. The number of nitrogens with one attached hydrogen (secondary N) is 1. The fourth-order valence-corrected chi connectivity index (χ4v) is 2.32. The Bertz CT molecular complexity index is 194. The number of hydrogen-bond donors (Lipinski definition) is 2. The van der Waals surface area contributed by atoms with E-state index < -0.39 is 0 Å². The predicted octanol–water partition coefficient (Wildman–Crippen LogP) is -0.214. The van der Waals surface area contributed by atoms with Gasteiger partial charge in [0.05, 0.1) is 12.7 Å². The number of ether oxygens (including phenoxy) is 1.